The first-order valence-corrected chi connectivity index (χ1v) is 8.68. The molecule has 1 saturated carbocycles. The molecule has 1 fully saturated rings. The van der Waals surface area contributed by atoms with Crippen molar-refractivity contribution in [1.29, 1.82) is 0 Å². The van der Waals surface area contributed by atoms with E-state index in [9.17, 15) is 13.5 Å². The van der Waals surface area contributed by atoms with Gasteiger partial charge < -0.3 is 5.11 Å². The Bertz CT molecular complexity index is 564. The SMILES string of the molecule is CCC(CC1CC1)NS(=O)(=O)c1cccc(CO)c1C. The van der Waals surface area contributed by atoms with Crippen LogP contribution in [0.3, 0.4) is 0 Å². The largest absolute Gasteiger partial charge is 0.392 e. The molecule has 0 saturated heterocycles. The Hall–Kier alpha value is -0.910. The van der Waals surface area contributed by atoms with Gasteiger partial charge in [0.1, 0.15) is 0 Å². The molecule has 1 atom stereocenters. The van der Waals surface area contributed by atoms with E-state index in [-0.39, 0.29) is 17.5 Å². The van der Waals surface area contributed by atoms with Gasteiger partial charge in [-0.3, -0.25) is 0 Å². The summed E-state index contributed by atoms with van der Waals surface area (Å²) in [5, 5.41) is 9.25. The van der Waals surface area contributed by atoms with Gasteiger partial charge in [-0.2, -0.15) is 0 Å². The molecule has 1 unspecified atom stereocenters. The molecular formula is C15H23NO3S. The number of aliphatic hydroxyl groups excluding tert-OH is 1. The average molecular weight is 297 g/mol. The maximum Gasteiger partial charge on any atom is 0.241 e. The second kappa shape index (κ2) is 6.24. The minimum Gasteiger partial charge on any atom is -0.392 e. The van der Waals surface area contributed by atoms with Gasteiger partial charge in [0.25, 0.3) is 0 Å². The topological polar surface area (TPSA) is 66.4 Å². The van der Waals surface area contributed by atoms with E-state index in [1.54, 1.807) is 25.1 Å². The fraction of sp³-hybridized carbons (Fsp3) is 0.600. The summed E-state index contributed by atoms with van der Waals surface area (Å²) in [5.74, 6) is 0.688. The molecular weight excluding hydrogens is 274 g/mol. The second-order valence-corrected chi connectivity index (χ2v) is 7.29. The predicted octanol–water partition coefficient (Wildman–Crippen LogP) is 2.34. The highest BCUT2D eigenvalue weighted by Crippen LogP contribution is 2.34. The number of hydrogen-bond acceptors (Lipinski definition) is 3. The summed E-state index contributed by atoms with van der Waals surface area (Å²) in [4.78, 5) is 0.276. The zero-order valence-electron chi connectivity index (χ0n) is 12.1. The van der Waals surface area contributed by atoms with Gasteiger partial charge in [0.15, 0.2) is 0 Å². The molecule has 4 nitrogen and oxygen atoms in total. The normalized spacial score (nSPS) is 17.1. The van der Waals surface area contributed by atoms with Gasteiger partial charge in [-0.1, -0.05) is 31.9 Å². The molecule has 2 rings (SSSR count). The lowest BCUT2D eigenvalue weighted by atomic mass is 10.1. The third-order valence-corrected chi connectivity index (χ3v) is 5.65. The van der Waals surface area contributed by atoms with Crippen LogP contribution in [0.4, 0.5) is 0 Å². The highest BCUT2D eigenvalue weighted by atomic mass is 32.2. The van der Waals surface area contributed by atoms with Crippen molar-refractivity contribution in [3.63, 3.8) is 0 Å². The van der Waals surface area contributed by atoms with E-state index in [1.807, 2.05) is 6.92 Å². The molecule has 0 radical (unpaired) electrons. The van der Waals surface area contributed by atoms with Crippen LogP contribution in [0.25, 0.3) is 0 Å². The minimum atomic E-state index is -3.51. The Morgan fingerprint density at radius 1 is 1.40 bits per heavy atom. The standard InChI is InChI=1S/C15H23NO3S/c1-3-14(9-12-7-8-12)16-20(18,19)15-6-4-5-13(10-17)11(15)2/h4-6,12,14,16-17H,3,7-10H2,1-2H3. The summed E-state index contributed by atoms with van der Waals surface area (Å²) < 4.78 is 27.8. The smallest absolute Gasteiger partial charge is 0.241 e. The van der Waals surface area contributed by atoms with Crippen LogP contribution in [0.1, 0.15) is 43.7 Å². The monoisotopic (exact) mass is 297 g/mol. The third-order valence-electron chi connectivity index (χ3n) is 3.99. The lowest BCUT2D eigenvalue weighted by Crippen LogP contribution is -2.35. The number of aliphatic hydroxyl groups is 1. The van der Waals surface area contributed by atoms with Gasteiger partial charge in [-0.25, -0.2) is 13.1 Å². The molecule has 20 heavy (non-hydrogen) atoms. The summed E-state index contributed by atoms with van der Waals surface area (Å²) in [6.07, 6.45) is 4.16. The summed E-state index contributed by atoms with van der Waals surface area (Å²) in [6.45, 7) is 3.60. The van der Waals surface area contributed by atoms with E-state index in [0.29, 0.717) is 17.0 Å². The molecule has 112 valence electrons. The van der Waals surface area contributed by atoms with E-state index < -0.39 is 10.0 Å². The second-order valence-electron chi connectivity index (χ2n) is 5.60. The molecule has 0 heterocycles. The van der Waals surface area contributed by atoms with Crippen LogP contribution in [0, 0.1) is 12.8 Å². The van der Waals surface area contributed by atoms with Crippen molar-refractivity contribution in [2.24, 2.45) is 5.92 Å². The van der Waals surface area contributed by atoms with E-state index >= 15 is 0 Å². The first-order chi connectivity index (χ1) is 9.47. The molecule has 5 heteroatoms. The van der Waals surface area contributed by atoms with Crippen LogP contribution in [0.15, 0.2) is 23.1 Å². The van der Waals surface area contributed by atoms with Crippen LogP contribution in [0.2, 0.25) is 0 Å². The molecule has 1 aliphatic rings. The highest BCUT2D eigenvalue weighted by molar-refractivity contribution is 7.89. The molecule has 1 aromatic rings. The van der Waals surface area contributed by atoms with Crippen LogP contribution in [0.5, 0.6) is 0 Å². The Balaban J connectivity index is 2.20. The molecule has 0 aliphatic heterocycles. The molecule has 0 spiro atoms. The number of sulfonamides is 1. The van der Waals surface area contributed by atoms with Gasteiger partial charge in [-0.05, 0) is 42.9 Å². The number of benzene rings is 1. The van der Waals surface area contributed by atoms with Crippen molar-refractivity contribution < 1.29 is 13.5 Å². The van der Waals surface area contributed by atoms with Crippen molar-refractivity contribution in [3.8, 4) is 0 Å². The summed E-state index contributed by atoms with van der Waals surface area (Å²) in [6, 6.07) is 5.02. The van der Waals surface area contributed by atoms with E-state index in [1.165, 1.54) is 12.8 Å². The number of nitrogens with one attached hydrogen (secondary N) is 1. The van der Waals surface area contributed by atoms with E-state index in [4.69, 9.17) is 0 Å². The van der Waals surface area contributed by atoms with Gasteiger partial charge in [0.2, 0.25) is 10.0 Å². The molecule has 1 aliphatic carbocycles. The van der Waals surface area contributed by atoms with Crippen molar-refractivity contribution in [2.75, 3.05) is 0 Å². The van der Waals surface area contributed by atoms with Crippen molar-refractivity contribution >= 4 is 10.0 Å². The fourth-order valence-electron chi connectivity index (χ4n) is 2.46. The van der Waals surface area contributed by atoms with Crippen molar-refractivity contribution in [3.05, 3.63) is 29.3 Å². The Morgan fingerprint density at radius 2 is 2.10 bits per heavy atom. The van der Waals surface area contributed by atoms with Gasteiger partial charge in [0.05, 0.1) is 11.5 Å². The highest BCUT2D eigenvalue weighted by Gasteiger charge is 2.28. The minimum absolute atomic E-state index is 0.00434. The molecule has 1 aromatic carbocycles. The summed E-state index contributed by atoms with van der Waals surface area (Å²) in [7, 11) is -3.51. The summed E-state index contributed by atoms with van der Waals surface area (Å²) >= 11 is 0. The Morgan fingerprint density at radius 3 is 2.65 bits per heavy atom. The Labute approximate surface area is 121 Å². The maximum absolute atomic E-state index is 12.5. The first-order valence-electron chi connectivity index (χ1n) is 7.19. The average Bonchev–Trinajstić information content (AvgIpc) is 3.21. The quantitative estimate of drug-likeness (QED) is 0.812. The number of rotatable bonds is 7. The summed E-state index contributed by atoms with van der Waals surface area (Å²) in [5.41, 5.74) is 1.28. The first kappa shape index (κ1) is 15.5. The molecule has 0 bridgehead atoms. The molecule has 2 N–H and O–H groups in total. The van der Waals surface area contributed by atoms with Crippen LogP contribution in [-0.4, -0.2) is 19.6 Å². The van der Waals surface area contributed by atoms with Crippen LogP contribution in [-0.2, 0) is 16.6 Å². The van der Waals surface area contributed by atoms with Crippen molar-refractivity contribution in [1.82, 2.24) is 4.72 Å². The van der Waals surface area contributed by atoms with Gasteiger partial charge >= 0.3 is 0 Å². The number of hydrogen-bond donors (Lipinski definition) is 2. The lowest BCUT2D eigenvalue weighted by Gasteiger charge is -2.18. The van der Waals surface area contributed by atoms with Crippen LogP contribution >= 0.6 is 0 Å². The zero-order chi connectivity index (χ0) is 14.8. The maximum atomic E-state index is 12.5. The third kappa shape index (κ3) is 3.59. The lowest BCUT2D eigenvalue weighted by molar-refractivity contribution is 0.280. The van der Waals surface area contributed by atoms with E-state index in [2.05, 4.69) is 4.72 Å². The van der Waals surface area contributed by atoms with Gasteiger partial charge in [-0.15, -0.1) is 0 Å². The zero-order valence-corrected chi connectivity index (χ0v) is 12.9. The Kier molecular flexibility index (Phi) is 4.83. The predicted molar refractivity (Wildman–Crippen MR) is 78.8 cm³/mol. The molecule has 0 aromatic heterocycles. The van der Waals surface area contributed by atoms with Gasteiger partial charge in [0, 0.05) is 6.04 Å². The fourth-order valence-corrected chi connectivity index (χ4v) is 4.08. The van der Waals surface area contributed by atoms with E-state index in [0.717, 1.165) is 12.8 Å². The molecule has 0 amide bonds. The van der Waals surface area contributed by atoms with Crippen molar-refractivity contribution in [2.45, 2.75) is 57.1 Å². The van der Waals surface area contributed by atoms with Crippen LogP contribution < -0.4 is 4.72 Å².